The summed E-state index contributed by atoms with van der Waals surface area (Å²) in [5, 5.41) is 9.75. The molecule has 1 saturated carbocycles. The molecular formula is C12H18N4S. The average molecular weight is 250 g/mol. The molecule has 0 bridgehead atoms. The van der Waals surface area contributed by atoms with Crippen LogP contribution in [0.3, 0.4) is 0 Å². The zero-order valence-electron chi connectivity index (χ0n) is 9.93. The van der Waals surface area contributed by atoms with E-state index >= 15 is 0 Å². The Morgan fingerprint density at radius 2 is 2.24 bits per heavy atom. The number of hydrogen-bond acceptors (Lipinski definition) is 4. The first-order valence-corrected chi connectivity index (χ1v) is 7.18. The van der Waals surface area contributed by atoms with E-state index in [1.54, 1.807) is 6.33 Å². The largest absolute Gasteiger partial charge is 0.381 e. The van der Waals surface area contributed by atoms with Gasteiger partial charge >= 0.3 is 0 Å². The summed E-state index contributed by atoms with van der Waals surface area (Å²) in [6.07, 6.45) is 8.50. The highest BCUT2D eigenvalue weighted by molar-refractivity contribution is 7.99. The molecule has 1 fully saturated rings. The Hall–Kier alpha value is -1.15. The van der Waals surface area contributed by atoms with Crippen LogP contribution in [0.1, 0.15) is 37.8 Å². The van der Waals surface area contributed by atoms with Crippen LogP contribution in [0.25, 0.3) is 0 Å². The molecular weight excluding hydrogens is 232 g/mol. The van der Waals surface area contributed by atoms with Crippen molar-refractivity contribution in [2.75, 3.05) is 11.5 Å². The van der Waals surface area contributed by atoms with Crippen molar-refractivity contribution in [2.45, 2.75) is 43.9 Å². The molecule has 5 heteroatoms. The zero-order chi connectivity index (χ0) is 12.1. The molecule has 2 rings (SSSR count). The van der Waals surface area contributed by atoms with Gasteiger partial charge < -0.3 is 10.3 Å². The highest BCUT2D eigenvalue weighted by atomic mass is 32.2. The number of imidazole rings is 1. The fourth-order valence-electron chi connectivity index (χ4n) is 2.24. The van der Waals surface area contributed by atoms with E-state index < -0.39 is 0 Å². The van der Waals surface area contributed by atoms with Crippen LogP contribution in [0.15, 0.2) is 6.33 Å². The summed E-state index contributed by atoms with van der Waals surface area (Å²) in [6.45, 7) is 0.828. The van der Waals surface area contributed by atoms with Crippen LogP contribution < -0.4 is 5.73 Å². The molecule has 1 aliphatic rings. The Morgan fingerprint density at radius 1 is 1.47 bits per heavy atom. The third-order valence-corrected chi connectivity index (χ3v) is 4.57. The van der Waals surface area contributed by atoms with Gasteiger partial charge in [0.15, 0.2) is 11.5 Å². The number of rotatable bonds is 4. The van der Waals surface area contributed by atoms with Crippen LogP contribution in [0.2, 0.25) is 0 Å². The second kappa shape index (κ2) is 5.97. The van der Waals surface area contributed by atoms with Gasteiger partial charge in [0.25, 0.3) is 0 Å². The number of nitrogen functional groups attached to an aromatic ring is 1. The molecule has 0 amide bonds. The maximum absolute atomic E-state index is 8.94. The zero-order valence-corrected chi connectivity index (χ0v) is 10.7. The minimum absolute atomic E-state index is 0.343. The summed E-state index contributed by atoms with van der Waals surface area (Å²) in [5.74, 6) is 1.38. The minimum Gasteiger partial charge on any atom is -0.381 e. The number of nitriles is 1. The van der Waals surface area contributed by atoms with Gasteiger partial charge in [-0.2, -0.15) is 17.0 Å². The molecule has 1 aromatic heterocycles. The van der Waals surface area contributed by atoms with E-state index in [0.29, 0.717) is 11.5 Å². The van der Waals surface area contributed by atoms with E-state index in [2.05, 4.69) is 11.1 Å². The van der Waals surface area contributed by atoms with Crippen LogP contribution in [0.4, 0.5) is 5.82 Å². The molecule has 0 radical (unpaired) electrons. The number of nitrogens with two attached hydrogens (primary N) is 1. The maximum Gasteiger partial charge on any atom is 0.164 e. The highest BCUT2D eigenvalue weighted by Crippen LogP contribution is 2.28. The van der Waals surface area contributed by atoms with Gasteiger partial charge in [-0.1, -0.05) is 19.3 Å². The third kappa shape index (κ3) is 3.16. The van der Waals surface area contributed by atoms with E-state index in [-0.39, 0.29) is 0 Å². The lowest BCUT2D eigenvalue weighted by Crippen LogP contribution is -2.11. The van der Waals surface area contributed by atoms with E-state index in [0.717, 1.165) is 17.5 Å². The van der Waals surface area contributed by atoms with Gasteiger partial charge in [-0.05, 0) is 12.8 Å². The standard InChI is InChI=1S/C12H18N4S/c13-8-11-12(14)15-9-16(11)6-7-17-10-4-2-1-3-5-10/h9-10H,1-7,14H2. The number of hydrogen-bond donors (Lipinski definition) is 1. The lowest BCUT2D eigenvalue weighted by atomic mass is 10.0. The Labute approximate surface area is 106 Å². The molecule has 0 aromatic carbocycles. The van der Waals surface area contributed by atoms with Crippen molar-refractivity contribution in [1.82, 2.24) is 9.55 Å². The van der Waals surface area contributed by atoms with Crippen LogP contribution in [-0.2, 0) is 6.54 Å². The summed E-state index contributed by atoms with van der Waals surface area (Å²) in [4.78, 5) is 3.96. The normalized spacial score (nSPS) is 16.9. The fourth-order valence-corrected chi connectivity index (χ4v) is 3.54. The van der Waals surface area contributed by atoms with Gasteiger partial charge in [0, 0.05) is 17.5 Å². The SMILES string of the molecule is N#Cc1c(N)ncn1CCSC1CCCCC1. The van der Waals surface area contributed by atoms with Gasteiger partial charge in [-0.3, -0.25) is 0 Å². The molecule has 0 spiro atoms. The number of thioether (sulfide) groups is 1. The molecule has 2 N–H and O–H groups in total. The van der Waals surface area contributed by atoms with Crippen molar-refractivity contribution in [2.24, 2.45) is 0 Å². The highest BCUT2D eigenvalue weighted by Gasteiger charge is 2.14. The second-order valence-electron chi connectivity index (χ2n) is 4.41. The van der Waals surface area contributed by atoms with Crippen molar-refractivity contribution < 1.29 is 0 Å². The molecule has 92 valence electrons. The van der Waals surface area contributed by atoms with Crippen LogP contribution >= 0.6 is 11.8 Å². The first kappa shape index (κ1) is 12.3. The van der Waals surface area contributed by atoms with Gasteiger partial charge in [-0.25, -0.2) is 4.98 Å². The van der Waals surface area contributed by atoms with Crippen molar-refractivity contribution in [1.29, 1.82) is 5.26 Å². The van der Waals surface area contributed by atoms with E-state index in [1.807, 2.05) is 16.3 Å². The molecule has 1 aromatic rings. The van der Waals surface area contributed by atoms with Gasteiger partial charge in [0.05, 0.1) is 6.33 Å². The summed E-state index contributed by atoms with van der Waals surface area (Å²) < 4.78 is 1.85. The molecule has 0 unspecified atom stereocenters. The molecule has 17 heavy (non-hydrogen) atoms. The molecule has 0 aliphatic heterocycles. The smallest absolute Gasteiger partial charge is 0.164 e. The average Bonchev–Trinajstić information content (AvgIpc) is 2.71. The lowest BCUT2D eigenvalue weighted by Gasteiger charge is -2.20. The quantitative estimate of drug-likeness (QED) is 0.891. The van der Waals surface area contributed by atoms with Gasteiger partial charge in [-0.15, -0.1) is 0 Å². The van der Waals surface area contributed by atoms with Crippen LogP contribution in [0, 0.1) is 11.3 Å². The topological polar surface area (TPSA) is 67.6 Å². The van der Waals surface area contributed by atoms with E-state index in [4.69, 9.17) is 11.0 Å². The van der Waals surface area contributed by atoms with Crippen molar-refractivity contribution in [3.8, 4) is 6.07 Å². The maximum atomic E-state index is 8.94. The number of anilines is 1. The molecule has 1 heterocycles. The van der Waals surface area contributed by atoms with Gasteiger partial charge in [0.1, 0.15) is 6.07 Å². The number of aromatic nitrogens is 2. The molecule has 0 saturated heterocycles. The van der Waals surface area contributed by atoms with Crippen LogP contribution in [-0.4, -0.2) is 20.6 Å². The Balaban J connectivity index is 1.79. The van der Waals surface area contributed by atoms with Crippen molar-refractivity contribution in [3.05, 3.63) is 12.0 Å². The molecule has 4 nitrogen and oxygen atoms in total. The lowest BCUT2D eigenvalue weighted by molar-refractivity contribution is 0.515. The minimum atomic E-state index is 0.343. The second-order valence-corrected chi connectivity index (χ2v) is 5.82. The van der Waals surface area contributed by atoms with Crippen molar-refractivity contribution >= 4 is 17.6 Å². The summed E-state index contributed by atoms with van der Waals surface area (Å²) in [5.41, 5.74) is 6.10. The summed E-state index contributed by atoms with van der Waals surface area (Å²) in [7, 11) is 0. The number of nitrogens with zero attached hydrogens (tertiary/aromatic N) is 3. The Kier molecular flexibility index (Phi) is 4.32. The molecule has 1 aliphatic carbocycles. The summed E-state index contributed by atoms with van der Waals surface area (Å²) in [6, 6.07) is 2.10. The van der Waals surface area contributed by atoms with Crippen LogP contribution in [0.5, 0.6) is 0 Å². The third-order valence-electron chi connectivity index (χ3n) is 3.21. The first-order valence-electron chi connectivity index (χ1n) is 6.13. The Bertz CT molecular complexity index is 401. The van der Waals surface area contributed by atoms with Gasteiger partial charge in [0.2, 0.25) is 0 Å². The monoisotopic (exact) mass is 250 g/mol. The van der Waals surface area contributed by atoms with E-state index in [1.165, 1.54) is 32.1 Å². The van der Waals surface area contributed by atoms with E-state index in [9.17, 15) is 0 Å². The van der Waals surface area contributed by atoms with Crippen molar-refractivity contribution in [3.63, 3.8) is 0 Å². The number of aryl methyl sites for hydroxylation is 1. The fraction of sp³-hybridized carbons (Fsp3) is 0.667. The Morgan fingerprint density at radius 3 is 2.94 bits per heavy atom. The predicted molar refractivity (Wildman–Crippen MR) is 70.7 cm³/mol. The molecule has 0 atom stereocenters. The summed E-state index contributed by atoms with van der Waals surface area (Å²) >= 11 is 2.02. The first-order chi connectivity index (χ1) is 8.31. The predicted octanol–water partition coefficient (Wildman–Crippen LogP) is 2.40.